The molecule has 0 spiro atoms. The van der Waals surface area contributed by atoms with Crippen molar-refractivity contribution in [3.63, 3.8) is 0 Å². The monoisotopic (exact) mass is 839 g/mol. The molecule has 0 saturated carbocycles. The number of unbranched alkanes of at least 4 members (excludes halogenated alkanes) is 20. The van der Waals surface area contributed by atoms with Crippen molar-refractivity contribution in [3.05, 3.63) is 48.6 Å². The van der Waals surface area contributed by atoms with Crippen molar-refractivity contribution in [2.45, 2.75) is 200 Å². The number of allylic oxidation sites excluding steroid dienone is 8. The molecule has 0 aliphatic rings. The quantitative estimate of drug-likeness (QED) is 0.0213. The molecule has 2 atom stereocenters. The third-order valence-electron chi connectivity index (χ3n) is 9.86. The fourth-order valence-corrected chi connectivity index (χ4v) is 6.96. The van der Waals surface area contributed by atoms with E-state index in [1.165, 1.54) is 116 Å². The minimum absolute atomic E-state index is 0.0220. The third kappa shape index (κ3) is 43.5. The average molecular weight is 839 g/mol. The van der Waals surface area contributed by atoms with Gasteiger partial charge in [0, 0.05) is 12.8 Å². The van der Waals surface area contributed by atoms with Crippen LogP contribution in [0.25, 0.3) is 0 Å². The van der Waals surface area contributed by atoms with Gasteiger partial charge in [-0.05, 0) is 57.8 Å². The van der Waals surface area contributed by atoms with Gasteiger partial charge in [0.2, 0.25) is 0 Å². The maximum Gasteiger partial charge on any atom is 0.472 e. The molecular formula is C48H89NO8P+. The molecule has 2 unspecified atom stereocenters. The van der Waals surface area contributed by atoms with E-state index in [2.05, 4.69) is 50.3 Å². The lowest BCUT2D eigenvalue weighted by molar-refractivity contribution is -0.870. The van der Waals surface area contributed by atoms with Crippen LogP contribution in [0, 0.1) is 0 Å². The summed E-state index contributed by atoms with van der Waals surface area (Å²) >= 11 is 0. The predicted molar refractivity (Wildman–Crippen MR) is 243 cm³/mol. The number of quaternary nitrogens is 1. The van der Waals surface area contributed by atoms with Crippen LogP contribution in [-0.2, 0) is 32.7 Å². The second kappa shape index (κ2) is 40.4. The molecule has 0 aromatic heterocycles. The Balaban J connectivity index is 4.29. The zero-order chi connectivity index (χ0) is 42.8. The largest absolute Gasteiger partial charge is 0.472 e. The van der Waals surface area contributed by atoms with Gasteiger partial charge in [-0.2, -0.15) is 0 Å². The highest BCUT2D eigenvalue weighted by Crippen LogP contribution is 2.43. The Morgan fingerprint density at radius 2 is 1.02 bits per heavy atom. The Morgan fingerprint density at radius 3 is 1.52 bits per heavy atom. The van der Waals surface area contributed by atoms with E-state index in [1.807, 2.05) is 33.3 Å². The summed E-state index contributed by atoms with van der Waals surface area (Å²) in [7, 11) is 1.44. The highest BCUT2D eigenvalue weighted by molar-refractivity contribution is 7.47. The molecule has 10 heteroatoms. The minimum atomic E-state index is -4.39. The molecule has 0 fully saturated rings. The van der Waals surface area contributed by atoms with Crippen LogP contribution in [0.4, 0.5) is 0 Å². The van der Waals surface area contributed by atoms with E-state index in [1.54, 1.807) is 0 Å². The fourth-order valence-electron chi connectivity index (χ4n) is 6.22. The third-order valence-corrected chi connectivity index (χ3v) is 10.8. The average Bonchev–Trinajstić information content (AvgIpc) is 3.17. The number of carbonyl (C=O) groups excluding carboxylic acids is 2. The van der Waals surface area contributed by atoms with Crippen molar-refractivity contribution >= 4 is 19.8 Å². The lowest BCUT2D eigenvalue weighted by Crippen LogP contribution is -2.37. The van der Waals surface area contributed by atoms with E-state index in [9.17, 15) is 19.0 Å². The van der Waals surface area contributed by atoms with Crippen molar-refractivity contribution in [3.8, 4) is 0 Å². The van der Waals surface area contributed by atoms with Gasteiger partial charge in [-0.15, -0.1) is 0 Å². The Hall–Kier alpha value is -2.03. The van der Waals surface area contributed by atoms with Crippen LogP contribution in [0.3, 0.4) is 0 Å². The van der Waals surface area contributed by atoms with Crippen LogP contribution >= 0.6 is 7.82 Å². The molecule has 0 rings (SSSR count). The molecule has 0 amide bonds. The SMILES string of the molecule is CC/C=C/C/C=C/CCCCCCCCCCCCCCCCC(=O)OCC(COP(=O)(O)OCC[N+](C)(C)C)OC(=O)CC/C=C/C/C=C/CCCCCCCC. The molecule has 338 valence electrons. The summed E-state index contributed by atoms with van der Waals surface area (Å²) in [6.07, 6.45) is 47.5. The second-order valence-electron chi connectivity index (χ2n) is 16.8. The van der Waals surface area contributed by atoms with Crippen molar-refractivity contribution < 1.29 is 42.1 Å². The molecule has 0 aromatic carbocycles. The zero-order valence-electron chi connectivity index (χ0n) is 38.0. The zero-order valence-corrected chi connectivity index (χ0v) is 38.9. The fraction of sp³-hybridized carbons (Fsp3) is 0.792. The molecule has 0 aromatic rings. The number of esters is 2. The van der Waals surface area contributed by atoms with E-state index >= 15 is 0 Å². The van der Waals surface area contributed by atoms with E-state index in [4.69, 9.17) is 18.5 Å². The number of phosphoric ester groups is 1. The molecule has 0 aliphatic heterocycles. The van der Waals surface area contributed by atoms with Crippen LogP contribution in [0.1, 0.15) is 194 Å². The van der Waals surface area contributed by atoms with Gasteiger partial charge in [0.25, 0.3) is 0 Å². The van der Waals surface area contributed by atoms with E-state index in [0.29, 0.717) is 17.4 Å². The van der Waals surface area contributed by atoms with Crippen LogP contribution in [0.2, 0.25) is 0 Å². The van der Waals surface area contributed by atoms with E-state index < -0.39 is 26.5 Å². The number of likely N-dealkylation sites (N-methyl/N-ethyl adjacent to an activating group) is 1. The summed E-state index contributed by atoms with van der Waals surface area (Å²) in [6, 6.07) is 0. The summed E-state index contributed by atoms with van der Waals surface area (Å²) in [6.45, 7) is 4.25. The van der Waals surface area contributed by atoms with Crippen molar-refractivity contribution in [2.75, 3.05) is 47.5 Å². The molecule has 0 heterocycles. The number of phosphoric acid groups is 1. The maximum atomic E-state index is 12.6. The van der Waals surface area contributed by atoms with E-state index in [-0.39, 0.29) is 32.0 Å². The van der Waals surface area contributed by atoms with Gasteiger partial charge in [-0.25, -0.2) is 4.57 Å². The molecule has 0 bridgehead atoms. The lowest BCUT2D eigenvalue weighted by Gasteiger charge is -2.24. The maximum absolute atomic E-state index is 12.6. The molecule has 0 aliphatic carbocycles. The number of hydrogen-bond donors (Lipinski definition) is 1. The van der Waals surface area contributed by atoms with Crippen LogP contribution < -0.4 is 0 Å². The standard InChI is InChI=1S/C48H88NO8P/c1-6-8-10-12-14-16-18-20-21-22-23-24-25-26-27-29-30-32-34-36-38-40-47(50)54-44-46(45-56-58(52,53)55-43-42-49(3,4)5)57-48(51)41-39-37-35-33-31-28-19-17-15-13-11-9-7-2/h8,10,14,16,28,31,35,37,46H,6-7,9,11-13,15,17-27,29-30,32-34,36,38-45H2,1-5H3/p+1/b10-8+,16-14+,31-28+,37-35+. The van der Waals surface area contributed by atoms with Gasteiger partial charge in [0.05, 0.1) is 27.7 Å². The van der Waals surface area contributed by atoms with Crippen LogP contribution in [-0.4, -0.2) is 74.9 Å². The van der Waals surface area contributed by atoms with Gasteiger partial charge in [0.1, 0.15) is 19.8 Å². The number of hydrogen-bond acceptors (Lipinski definition) is 7. The second-order valence-corrected chi connectivity index (χ2v) is 18.2. The minimum Gasteiger partial charge on any atom is -0.462 e. The summed E-state index contributed by atoms with van der Waals surface area (Å²) in [5.74, 6) is -0.875. The first-order valence-corrected chi connectivity index (χ1v) is 24.9. The lowest BCUT2D eigenvalue weighted by atomic mass is 10.0. The summed E-state index contributed by atoms with van der Waals surface area (Å²) in [5, 5.41) is 0. The molecule has 1 N–H and O–H groups in total. The van der Waals surface area contributed by atoms with Crippen LogP contribution in [0.15, 0.2) is 48.6 Å². The number of carbonyl (C=O) groups is 2. The van der Waals surface area contributed by atoms with Crippen molar-refractivity contribution in [1.29, 1.82) is 0 Å². The first-order chi connectivity index (χ1) is 28.0. The smallest absolute Gasteiger partial charge is 0.462 e. The van der Waals surface area contributed by atoms with Crippen molar-refractivity contribution in [1.82, 2.24) is 0 Å². The van der Waals surface area contributed by atoms with Gasteiger partial charge in [-0.1, -0.05) is 172 Å². The summed E-state index contributed by atoms with van der Waals surface area (Å²) in [4.78, 5) is 35.4. The first-order valence-electron chi connectivity index (χ1n) is 23.4. The van der Waals surface area contributed by atoms with Gasteiger partial charge in [0.15, 0.2) is 6.10 Å². The number of rotatable bonds is 42. The highest BCUT2D eigenvalue weighted by atomic mass is 31.2. The molecule has 9 nitrogen and oxygen atoms in total. The normalized spacial score (nSPS) is 14.0. The van der Waals surface area contributed by atoms with Gasteiger partial charge >= 0.3 is 19.8 Å². The molecule has 0 saturated heterocycles. The van der Waals surface area contributed by atoms with Crippen LogP contribution in [0.5, 0.6) is 0 Å². The topological polar surface area (TPSA) is 108 Å². The Bertz CT molecular complexity index is 1130. The Labute approximate surface area is 356 Å². The van der Waals surface area contributed by atoms with Gasteiger partial charge in [-0.3, -0.25) is 18.6 Å². The molecule has 58 heavy (non-hydrogen) atoms. The summed E-state index contributed by atoms with van der Waals surface area (Å²) in [5.41, 5.74) is 0. The first kappa shape index (κ1) is 56.0. The van der Waals surface area contributed by atoms with Gasteiger partial charge < -0.3 is 18.9 Å². The highest BCUT2D eigenvalue weighted by Gasteiger charge is 2.27. The molecular weight excluding hydrogens is 750 g/mol. The van der Waals surface area contributed by atoms with Crippen molar-refractivity contribution in [2.24, 2.45) is 0 Å². The molecule has 0 radical (unpaired) electrons. The Morgan fingerprint density at radius 1 is 0.552 bits per heavy atom. The number of nitrogens with zero attached hydrogens (tertiary/aromatic N) is 1. The summed E-state index contributed by atoms with van der Waals surface area (Å²) < 4.78 is 34.2. The Kier molecular flexibility index (Phi) is 39.0. The number of ether oxygens (including phenoxy) is 2. The predicted octanol–water partition coefficient (Wildman–Crippen LogP) is 13.5. The van der Waals surface area contributed by atoms with E-state index in [0.717, 1.165) is 44.9 Å².